The number of carbonyl (C=O) groups is 1. The maximum absolute atomic E-state index is 11.8. The predicted molar refractivity (Wildman–Crippen MR) is 95.3 cm³/mol. The van der Waals surface area contributed by atoms with Crippen LogP contribution in [0.15, 0.2) is 18.2 Å². The van der Waals surface area contributed by atoms with Gasteiger partial charge in [0.1, 0.15) is 11.4 Å². The van der Waals surface area contributed by atoms with E-state index in [-0.39, 0.29) is 11.8 Å². The summed E-state index contributed by atoms with van der Waals surface area (Å²) < 4.78 is 5.28. The van der Waals surface area contributed by atoms with Gasteiger partial charge in [-0.05, 0) is 57.2 Å². The van der Waals surface area contributed by atoms with Gasteiger partial charge in [0.05, 0.1) is 5.02 Å². The van der Waals surface area contributed by atoms with E-state index in [2.05, 4.69) is 10.6 Å². The molecule has 1 amide bonds. The molecule has 6 heteroatoms. The van der Waals surface area contributed by atoms with Crippen LogP contribution in [0.2, 0.25) is 5.02 Å². The fraction of sp³-hybridized carbons (Fsp3) is 0.611. The van der Waals surface area contributed by atoms with E-state index in [1.54, 1.807) is 12.1 Å². The number of hydrogen-bond acceptors (Lipinski definition) is 4. The zero-order valence-corrected chi connectivity index (χ0v) is 15.3. The van der Waals surface area contributed by atoms with Gasteiger partial charge >= 0.3 is 6.09 Å². The molecule has 0 radical (unpaired) electrons. The van der Waals surface area contributed by atoms with E-state index in [0.717, 1.165) is 24.8 Å². The molecule has 0 spiro atoms. The highest BCUT2D eigenvalue weighted by Crippen LogP contribution is 2.27. The summed E-state index contributed by atoms with van der Waals surface area (Å²) in [5, 5.41) is 16.2. The van der Waals surface area contributed by atoms with Crippen molar-refractivity contribution in [1.29, 1.82) is 0 Å². The smallest absolute Gasteiger partial charge is 0.407 e. The maximum Gasteiger partial charge on any atom is 0.407 e. The third-order valence-electron chi connectivity index (χ3n) is 4.15. The Kier molecular flexibility index (Phi) is 6.35. The summed E-state index contributed by atoms with van der Waals surface area (Å²) in [5.41, 5.74) is 0.554. The molecular weight excluding hydrogens is 328 g/mol. The van der Waals surface area contributed by atoms with Crippen LogP contribution in [0.1, 0.15) is 45.6 Å². The minimum Gasteiger partial charge on any atom is -0.506 e. The van der Waals surface area contributed by atoms with Gasteiger partial charge in [0, 0.05) is 19.1 Å². The lowest BCUT2D eigenvalue weighted by molar-refractivity contribution is 0.0517. The van der Waals surface area contributed by atoms with Crippen LogP contribution in [0.4, 0.5) is 4.79 Å². The molecule has 0 bridgehead atoms. The molecule has 0 aromatic heterocycles. The molecule has 2 rings (SSSR count). The molecule has 1 aliphatic rings. The highest BCUT2D eigenvalue weighted by molar-refractivity contribution is 6.32. The van der Waals surface area contributed by atoms with Gasteiger partial charge in [0.15, 0.2) is 0 Å². The molecule has 1 aliphatic carbocycles. The molecule has 0 saturated heterocycles. The van der Waals surface area contributed by atoms with E-state index in [0.29, 0.717) is 30.1 Å². The lowest BCUT2D eigenvalue weighted by atomic mass is 10.0. The molecule has 0 aliphatic heterocycles. The largest absolute Gasteiger partial charge is 0.506 e. The molecule has 1 aromatic carbocycles. The van der Waals surface area contributed by atoms with Crippen molar-refractivity contribution in [3.63, 3.8) is 0 Å². The number of benzene rings is 1. The van der Waals surface area contributed by atoms with E-state index in [1.165, 1.54) is 0 Å². The average molecular weight is 355 g/mol. The molecule has 3 N–H and O–H groups in total. The highest BCUT2D eigenvalue weighted by Gasteiger charge is 2.27. The third kappa shape index (κ3) is 5.87. The van der Waals surface area contributed by atoms with Crippen molar-refractivity contribution in [2.45, 2.75) is 58.2 Å². The summed E-state index contributed by atoms with van der Waals surface area (Å²) in [4.78, 5) is 11.8. The minimum absolute atomic E-state index is 0.0979. The number of aromatic hydroxyl groups is 1. The Bertz CT molecular complexity index is 572. The van der Waals surface area contributed by atoms with Crippen molar-refractivity contribution < 1.29 is 14.6 Å². The zero-order chi connectivity index (χ0) is 17.7. The SMILES string of the molecule is CC(C)(C)OC(=O)NCC1CCCC1NCc1ccc(O)c(Cl)c1. The molecule has 1 aromatic rings. The van der Waals surface area contributed by atoms with E-state index in [1.807, 2.05) is 26.8 Å². The van der Waals surface area contributed by atoms with E-state index >= 15 is 0 Å². The van der Waals surface area contributed by atoms with Crippen molar-refractivity contribution in [1.82, 2.24) is 10.6 Å². The van der Waals surface area contributed by atoms with Crippen LogP contribution in [0.3, 0.4) is 0 Å². The van der Waals surface area contributed by atoms with E-state index in [9.17, 15) is 9.90 Å². The van der Waals surface area contributed by atoms with Gasteiger partial charge in [-0.1, -0.05) is 24.1 Å². The predicted octanol–water partition coefficient (Wildman–Crippen LogP) is 3.83. The second-order valence-corrected chi connectivity index (χ2v) is 7.75. The second-order valence-electron chi connectivity index (χ2n) is 7.35. The lowest BCUT2D eigenvalue weighted by Gasteiger charge is -2.24. The van der Waals surface area contributed by atoms with Crippen LogP contribution >= 0.6 is 11.6 Å². The topological polar surface area (TPSA) is 70.6 Å². The number of carbonyl (C=O) groups excluding carboxylic acids is 1. The van der Waals surface area contributed by atoms with Gasteiger partial charge in [-0.15, -0.1) is 0 Å². The van der Waals surface area contributed by atoms with Crippen molar-refractivity contribution in [3.05, 3.63) is 28.8 Å². The van der Waals surface area contributed by atoms with Crippen LogP contribution in [0.5, 0.6) is 5.75 Å². The van der Waals surface area contributed by atoms with Crippen molar-refractivity contribution in [2.24, 2.45) is 5.92 Å². The Morgan fingerprint density at radius 1 is 1.38 bits per heavy atom. The monoisotopic (exact) mass is 354 g/mol. The fourth-order valence-electron chi connectivity index (χ4n) is 2.99. The number of nitrogens with one attached hydrogen (secondary N) is 2. The summed E-state index contributed by atoms with van der Waals surface area (Å²) >= 11 is 5.94. The maximum atomic E-state index is 11.8. The summed E-state index contributed by atoms with van der Waals surface area (Å²) in [7, 11) is 0. The molecular formula is C18H27ClN2O3. The highest BCUT2D eigenvalue weighted by atomic mass is 35.5. The summed E-state index contributed by atoms with van der Waals surface area (Å²) in [6.07, 6.45) is 2.96. The normalized spacial score (nSPS) is 20.8. The Balaban J connectivity index is 1.80. The number of amides is 1. The number of ether oxygens (including phenoxy) is 1. The molecule has 2 unspecified atom stereocenters. The molecule has 2 atom stereocenters. The fourth-order valence-corrected chi connectivity index (χ4v) is 3.19. The Hall–Kier alpha value is -1.46. The van der Waals surface area contributed by atoms with E-state index in [4.69, 9.17) is 16.3 Å². The van der Waals surface area contributed by atoms with Gasteiger partial charge in [0.2, 0.25) is 0 Å². The first-order chi connectivity index (χ1) is 11.2. The first-order valence-electron chi connectivity index (χ1n) is 8.42. The minimum atomic E-state index is -0.477. The van der Waals surface area contributed by atoms with Crippen LogP contribution in [0, 0.1) is 5.92 Å². The van der Waals surface area contributed by atoms with E-state index < -0.39 is 5.60 Å². The van der Waals surface area contributed by atoms with Crippen LogP contribution in [-0.4, -0.2) is 29.4 Å². The van der Waals surface area contributed by atoms with Gasteiger partial charge in [-0.2, -0.15) is 0 Å². The Morgan fingerprint density at radius 2 is 2.12 bits per heavy atom. The summed E-state index contributed by atoms with van der Waals surface area (Å²) in [6.45, 7) is 6.87. The number of hydrogen-bond donors (Lipinski definition) is 3. The van der Waals surface area contributed by atoms with Crippen LogP contribution < -0.4 is 10.6 Å². The van der Waals surface area contributed by atoms with Gasteiger partial charge < -0.3 is 20.5 Å². The Morgan fingerprint density at radius 3 is 2.79 bits per heavy atom. The van der Waals surface area contributed by atoms with Gasteiger partial charge in [0.25, 0.3) is 0 Å². The molecule has 1 saturated carbocycles. The molecule has 0 heterocycles. The summed E-state index contributed by atoms with van der Waals surface area (Å²) in [5.74, 6) is 0.492. The lowest BCUT2D eigenvalue weighted by Crippen LogP contribution is -2.40. The number of phenols is 1. The number of rotatable bonds is 5. The first kappa shape index (κ1) is 18.9. The second kappa shape index (κ2) is 8.08. The zero-order valence-electron chi connectivity index (χ0n) is 14.6. The van der Waals surface area contributed by atoms with Crippen LogP contribution in [-0.2, 0) is 11.3 Å². The van der Waals surface area contributed by atoms with Gasteiger partial charge in [-0.25, -0.2) is 4.79 Å². The van der Waals surface area contributed by atoms with Crippen molar-refractivity contribution in [3.8, 4) is 5.75 Å². The first-order valence-corrected chi connectivity index (χ1v) is 8.80. The number of alkyl carbamates (subject to hydrolysis) is 1. The third-order valence-corrected chi connectivity index (χ3v) is 4.45. The molecule has 134 valence electrons. The molecule has 5 nitrogen and oxygen atoms in total. The Labute approximate surface area is 148 Å². The average Bonchev–Trinajstić information content (AvgIpc) is 2.92. The van der Waals surface area contributed by atoms with Crippen molar-refractivity contribution >= 4 is 17.7 Å². The molecule has 1 fully saturated rings. The molecule has 24 heavy (non-hydrogen) atoms. The standard InChI is InChI=1S/C18H27ClN2O3/c1-18(2,3)24-17(23)21-11-13-5-4-6-15(13)20-10-12-7-8-16(22)14(19)9-12/h7-9,13,15,20,22H,4-6,10-11H2,1-3H3,(H,21,23). The number of phenolic OH excluding ortho intramolecular Hbond substituents is 1. The van der Waals surface area contributed by atoms with Crippen LogP contribution in [0.25, 0.3) is 0 Å². The number of halogens is 1. The van der Waals surface area contributed by atoms with Crippen molar-refractivity contribution in [2.75, 3.05) is 6.54 Å². The quantitative estimate of drug-likeness (QED) is 0.751. The van der Waals surface area contributed by atoms with Gasteiger partial charge in [-0.3, -0.25) is 0 Å². The summed E-state index contributed by atoms with van der Waals surface area (Å²) in [6, 6.07) is 5.59.